The summed E-state index contributed by atoms with van der Waals surface area (Å²) in [7, 11) is 0. The number of hydrogen-bond acceptors (Lipinski definition) is 3. The van der Waals surface area contributed by atoms with Crippen molar-refractivity contribution >= 4 is 16.3 Å². The highest BCUT2D eigenvalue weighted by Crippen LogP contribution is 2.27. The molecule has 0 saturated heterocycles. The highest BCUT2D eigenvalue weighted by Gasteiger charge is 2.25. The maximum atomic E-state index is 4.61. The highest BCUT2D eigenvalue weighted by atomic mass is 32.1. The summed E-state index contributed by atoms with van der Waals surface area (Å²) in [6.45, 7) is 7.51. The second-order valence-corrected chi connectivity index (χ2v) is 6.51. The Kier molecular flexibility index (Phi) is 2.71. The van der Waals surface area contributed by atoms with Crippen LogP contribution in [-0.2, 0) is 6.54 Å². The Labute approximate surface area is 106 Å². The molecule has 0 radical (unpaired) electrons. The van der Waals surface area contributed by atoms with Crippen LogP contribution in [0.1, 0.15) is 36.0 Å². The predicted molar refractivity (Wildman–Crippen MR) is 71.6 cm³/mol. The number of rotatable bonds is 3. The van der Waals surface area contributed by atoms with Crippen LogP contribution in [0.3, 0.4) is 0 Å². The van der Waals surface area contributed by atoms with E-state index in [0.29, 0.717) is 0 Å². The van der Waals surface area contributed by atoms with Crippen LogP contribution in [0.2, 0.25) is 0 Å². The lowest BCUT2D eigenvalue weighted by molar-refractivity contribution is 0.239. The summed E-state index contributed by atoms with van der Waals surface area (Å²) in [5.74, 6) is 0.905. The van der Waals surface area contributed by atoms with Gasteiger partial charge in [0.05, 0.1) is 11.4 Å². The van der Waals surface area contributed by atoms with Crippen LogP contribution in [0.5, 0.6) is 0 Å². The summed E-state index contributed by atoms with van der Waals surface area (Å²) < 4.78 is 2.24. The molecule has 2 aromatic rings. The maximum absolute atomic E-state index is 4.61. The lowest BCUT2D eigenvalue weighted by Crippen LogP contribution is -2.39. The first kappa shape index (κ1) is 11.2. The normalized spacial score (nSPS) is 24.2. The molecule has 1 saturated carbocycles. The first-order chi connectivity index (χ1) is 8.13. The van der Waals surface area contributed by atoms with Crippen molar-refractivity contribution in [1.29, 1.82) is 0 Å². The Morgan fingerprint density at radius 2 is 2.24 bits per heavy atom. The van der Waals surface area contributed by atoms with E-state index in [9.17, 15) is 0 Å². The Hall–Kier alpha value is -0.870. The SMILES string of the molecule is Cc1cn2c(CNC3CC(C)C3)c(C)nc2s1. The van der Waals surface area contributed by atoms with Crippen molar-refractivity contribution in [3.05, 3.63) is 22.5 Å². The first-order valence-corrected chi connectivity index (χ1v) is 7.12. The number of nitrogens with zero attached hydrogens (tertiary/aromatic N) is 2. The minimum Gasteiger partial charge on any atom is -0.308 e. The second-order valence-electron chi connectivity index (χ2n) is 5.29. The summed E-state index contributed by atoms with van der Waals surface area (Å²) in [6, 6.07) is 0.717. The maximum Gasteiger partial charge on any atom is 0.194 e. The number of hydrogen-bond donors (Lipinski definition) is 1. The van der Waals surface area contributed by atoms with Crippen LogP contribution in [-0.4, -0.2) is 15.4 Å². The van der Waals surface area contributed by atoms with E-state index in [2.05, 4.69) is 41.7 Å². The average molecular weight is 249 g/mol. The van der Waals surface area contributed by atoms with E-state index in [1.54, 1.807) is 11.3 Å². The van der Waals surface area contributed by atoms with Gasteiger partial charge in [-0.25, -0.2) is 4.98 Å². The van der Waals surface area contributed by atoms with Crippen LogP contribution in [0.15, 0.2) is 6.20 Å². The molecule has 0 aromatic carbocycles. The van der Waals surface area contributed by atoms with Gasteiger partial charge < -0.3 is 5.32 Å². The van der Waals surface area contributed by atoms with Crippen molar-refractivity contribution in [2.45, 2.75) is 46.2 Å². The van der Waals surface area contributed by atoms with Gasteiger partial charge >= 0.3 is 0 Å². The zero-order valence-electron chi connectivity index (χ0n) is 10.7. The molecule has 4 heteroatoms. The molecule has 2 aromatic heterocycles. The minimum atomic E-state index is 0.717. The van der Waals surface area contributed by atoms with Crippen molar-refractivity contribution in [2.24, 2.45) is 5.92 Å². The molecule has 0 spiro atoms. The lowest BCUT2D eigenvalue weighted by Gasteiger charge is -2.33. The summed E-state index contributed by atoms with van der Waals surface area (Å²) in [5.41, 5.74) is 2.49. The smallest absolute Gasteiger partial charge is 0.194 e. The summed E-state index contributed by atoms with van der Waals surface area (Å²) in [6.07, 6.45) is 4.84. The fraction of sp³-hybridized carbons (Fsp3) is 0.615. The second kappa shape index (κ2) is 4.10. The molecule has 1 fully saturated rings. The Morgan fingerprint density at radius 3 is 2.94 bits per heavy atom. The third-order valence-corrected chi connectivity index (χ3v) is 4.57. The van der Waals surface area contributed by atoms with Gasteiger partial charge in [0, 0.05) is 23.7 Å². The van der Waals surface area contributed by atoms with Crippen LogP contribution < -0.4 is 5.32 Å². The van der Waals surface area contributed by atoms with Gasteiger partial charge in [0.2, 0.25) is 0 Å². The van der Waals surface area contributed by atoms with Crippen LogP contribution >= 0.6 is 11.3 Å². The fourth-order valence-electron chi connectivity index (χ4n) is 2.63. The van der Waals surface area contributed by atoms with Gasteiger partial charge in [-0.2, -0.15) is 0 Å². The first-order valence-electron chi connectivity index (χ1n) is 6.31. The van der Waals surface area contributed by atoms with Crippen molar-refractivity contribution < 1.29 is 0 Å². The average Bonchev–Trinajstić information content (AvgIpc) is 2.68. The molecule has 0 aliphatic heterocycles. The quantitative estimate of drug-likeness (QED) is 0.906. The van der Waals surface area contributed by atoms with Crippen molar-refractivity contribution in [2.75, 3.05) is 0 Å². The Morgan fingerprint density at radius 1 is 1.47 bits per heavy atom. The lowest BCUT2D eigenvalue weighted by atomic mass is 9.82. The highest BCUT2D eigenvalue weighted by molar-refractivity contribution is 7.17. The Balaban J connectivity index is 1.76. The molecule has 2 heterocycles. The van der Waals surface area contributed by atoms with Gasteiger partial charge in [-0.15, -0.1) is 11.3 Å². The molecule has 3 rings (SSSR count). The van der Waals surface area contributed by atoms with E-state index < -0.39 is 0 Å². The molecular weight excluding hydrogens is 230 g/mol. The number of imidazole rings is 1. The van der Waals surface area contributed by atoms with Gasteiger partial charge in [-0.05, 0) is 32.6 Å². The largest absolute Gasteiger partial charge is 0.308 e. The number of nitrogens with one attached hydrogen (secondary N) is 1. The molecule has 17 heavy (non-hydrogen) atoms. The minimum absolute atomic E-state index is 0.717. The Bertz CT molecular complexity index is 534. The standard InChI is InChI=1S/C13H19N3S/c1-8-4-11(5-8)14-6-12-10(3)15-13-16(12)7-9(2)17-13/h7-8,11,14H,4-6H2,1-3H3. The molecule has 92 valence electrons. The number of aromatic nitrogens is 2. The molecule has 3 nitrogen and oxygen atoms in total. The van der Waals surface area contributed by atoms with Gasteiger partial charge in [0.15, 0.2) is 4.96 Å². The number of thiazole rings is 1. The monoisotopic (exact) mass is 249 g/mol. The molecule has 1 aliphatic rings. The van der Waals surface area contributed by atoms with Gasteiger partial charge in [-0.1, -0.05) is 6.92 Å². The zero-order valence-corrected chi connectivity index (χ0v) is 11.5. The predicted octanol–water partition coefficient (Wildman–Crippen LogP) is 2.90. The summed E-state index contributed by atoms with van der Waals surface area (Å²) in [5, 5.41) is 3.64. The topological polar surface area (TPSA) is 29.3 Å². The molecule has 1 N–H and O–H groups in total. The van der Waals surface area contributed by atoms with E-state index >= 15 is 0 Å². The van der Waals surface area contributed by atoms with Crippen molar-refractivity contribution in [3.63, 3.8) is 0 Å². The molecular formula is C13H19N3S. The molecule has 0 unspecified atom stereocenters. The zero-order chi connectivity index (χ0) is 12.0. The van der Waals surface area contributed by atoms with E-state index in [1.807, 2.05) is 0 Å². The van der Waals surface area contributed by atoms with Crippen molar-refractivity contribution in [1.82, 2.24) is 14.7 Å². The third-order valence-electron chi connectivity index (χ3n) is 3.67. The van der Waals surface area contributed by atoms with Crippen molar-refractivity contribution in [3.8, 4) is 0 Å². The fourth-order valence-corrected chi connectivity index (χ4v) is 3.52. The van der Waals surface area contributed by atoms with E-state index in [0.717, 1.165) is 29.2 Å². The van der Waals surface area contributed by atoms with Gasteiger partial charge in [-0.3, -0.25) is 4.40 Å². The van der Waals surface area contributed by atoms with E-state index in [4.69, 9.17) is 0 Å². The van der Waals surface area contributed by atoms with E-state index in [1.165, 1.54) is 23.4 Å². The number of aryl methyl sites for hydroxylation is 2. The van der Waals surface area contributed by atoms with E-state index in [-0.39, 0.29) is 0 Å². The van der Waals surface area contributed by atoms with Gasteiger partial charge in [0.25, 0.3) is 0 Å². The summed E-state index contributed by atoms with van der Waals surface area (Å²) >= 11 is 1.77. The van der Waals surface area contributed by atoms with Crippen LogP contribution in [0, 0.1) is 19.8 Å². The third kappa shape index (κ3) is 2.00. The molecule has 1 aliphatic carbocycles. The van der Waals surface area contributed by atoms with Crippen LogP contribution in [0.25, 0.3) is 4.96 Å². The number of fused-ring (bicyclic) bond motifs is 1. The van der Waals surface area contributed by atoms with Crippen LogP contribution in [0.4, 0.5) is 0 Å². The molecule has 0 amide bonds. The van der Waals surface area contributed by atoms with Gasteiger partial charge in [0.1, 0.15) is 0 Å². The molecule has 0 atom stereocenters. The molecule has 0 bridgehead atoms. The summed E-state index contributed by atoms with van der Waals surface area (Å²) in [4.78, 5) is 7.06.